The van der Waals surface area contributed by atoms with Crippen molar-refractivity contribution in [3.63, 3.8) is 0 Å². The largest absolute Gasteiger partial charge is 0.339 e. The van der Waals surface area contributed by atoms with E-state index in [2.05, 4.69) is 37.7 Å². The molecule has 0 unspecified atom stereocenters. The zero-order valence-corrected chi connectivity index (χ0v) is 15.2. The number of nitrogens with zero attached hydrogens (tertiary/aromatic N) is 3. The highest BCUT2D eigenvalue weighted by Gasteiger charge is 2.35. The summed E-state index contributed by atoms with van der Waals surface area (Å²) in [7, 11) is 1.95. The molecule has 0 spiro atoms. The molecule has 1 aliphatic rings. The Morgan fingerprint density at radius 2 is 2.00 bits per heavy atom. The van der Waals surface area contributed by atoms with Gasteiger partial charge in [-0.25, -0.2) is 0 Å². The highest BCUT2D eigenvalue weighted by Crippen LogP contribution is 2.33. The second kappa shape index (κ2) is 6.05. The topological polar surface area (TPSA) is 38.1 Å². The molecule has 0 radical (unpaired) electrons. The summed E-state index contributed by atoms with van der Waals surface area (Å²) in [6, 6.07) is 0.396. The summed E-state index contributed by atoms with van der Waals surface area (Å²) in [4.78, 5) is 15.2. The average Bonchev–Trinajstić information content (AvgIpc) is 2.92. The second-order valence-corrected chi connectivity index (χ2v) is 8.02. The third kappa shape index (κ3) is 3.36. The lowest BCUT2D eigenvalue weighted by molar-refractivity contribution is -0.133. The quantitative estimate of drug-likeness (QED) is 0.856. The van der Waals surface area contributed by atoms with Gasteiger partial charge in [-0.3, -0.25) is 9.48 Å². The molecule has 1 aromatic rings. The van der Waals surface area contributed by atoms with E-state index in [1.54, 1.807) is 0 Å². The first-order valence-corrected chi connectivity index (χ1v) is 8.42. The Balaban J connectivity index is 2.19. The molecular weight excluding hydrogens is 274 g/mol. The number of aryl methyl sites for hydroxylation is 2. The lowest BCUT2D eigenvalue weighted by Gasteiger charge is -2.32. The lowest BCUT2D eigenvalue weighted by Crippen LogP contribution is -2.40. The fourth-order valence-corrected chi connectivity index (χ4v) is 3.83. The van der Waals surface area contributed by atoms with Crippen LogP contribution in [0.25, 0.3) is 0 Å². The van der Waals surface area contributed by atoms with Crippen molar-refractivity contribution < 1.29 is 4.79 Å². The van der Waals surface area contributed by atoms with Crippen molar-refractivity contribution in [1.29, 1.82) is 0 Å². The third-order valence-corrected chi connectivity index (χ3v) is 4.88. The van der Waals surface area contributed by atoms with Crippen molar-refractivity contribution in [2.24, 2.45) is 12.5 Å². The summed E-state index contributed by atoms with van der Waals surface area (Å²) in [5.74, 6) is 0.167. The van der Waals surface area contributed by atoms with Gasteiger partial charge in [0.15, 0.2) is 0 Å². The summed E-state index contributed by atoms with van der Waals surface area (Å²) in [5.41, 5.74) is 3.45. The van der Waals surface area contributed by atoms with Gasteiger partial charge in [0.05, 0.1) is 11.6 Å². The van der Waals surface area contributed by atoms with Crippen molar-refractivity contribution in [2.45, 2.75) is 72.8 Å². The number of carbonyl (C=O) groups is 1. The molecule has 0 N–H and O–H groups in total. The summed E-state index contributed by atoms with van der Waals surface area (Å²) in [6.45, 7) is 13.8. The highest BCUT2D eigenvalue weighted by atomic mass is 16.2. The molecule has 1 aliphatic heterocycles. The predicted molar refractivity (Wildman–Crippen MR) is 89.9 cm³/mol. The van der Waals surface area contributed by atoms with Crippen molar-refractivity contribution in [2.75, 3.05) is 6.54 Å². The Bertz CT molecular complexity index is 553. The maximum Gasteiger partial charge on any atom is 0.230 e. The molecule has 124 valence electrons. The van der Waals surface area contributed by atoms with Gasteiger partial charge in [-0.2, -0.15) is 5.10 Å². The Morgan fingerprint density at radius 3 is 2.50 bits per heavy atom. The van der Waals surface area contributed by atoms with Crippen molar-refractivity contribution in [3.8, 4) is 0 Å². The van der Waals surface area contributed by atoms with Crippen LogP contribution in [0.1, 0.15) is 69.8 Å². The van der Waals surface area contributed by atoms with Gasteiger partial charge in [0.25, 0.3) is 0 Å². The van der Waals surface area contributed by atoms with Crippen molar-refractivity contribution >= 4 is 5.91 Å². The summed E-state index contributed by atoms with van der Waals surface area (Å²) in [5, 5.41) is 4.47. The maximum atomic E-state index is 13.0. The Hall–Kier alpha value is -1.32. The summed E-state index contributed by atoms with van der Waals surface area (Å²) < 4.78 is 1.88. The Labute approximate surface area is 134 Å². The zero-order chi connectivity index (χ0) is 16.7. The Morgan fingerprint density at radius 1 is 1.36 bits per heavy atom. The molecular formula is C18H31N3O. The molecule has 4 nitrogen and oxygen atoms in total. The molecule has 0 aliphatic carbocycles. The molecule has 1 amide bonds. The van der Waals surface area contributed by atoms with Gasteiger partial charge in [0.2, 0.25) is 5.91 Å². The van der Waals surface area contributed by atoms with Gasteiger partial charge in [0.1, 0.15) is 0 Å². The first kappa shape index (κ1) is 17.0. The van der Waals surface area contributed by atoms with Gasteiger partial charge in [-0.15, -0.1) is 0 Å². The number of carbonyl (C=O) groups excluding carboxylic acids is 1. The molecule has 4 heteroatoms. The van der Waals surface area contributed by atoms with Crippen LogP contribution in [0.15, 0.2) is 0 Å². The number of likely N-dealkylation sites (tertiary alicyclic amines) is 1. The molecule has 2 heterocycles. The van der Waals surface area contributed by atoms with E-state index in [-0.39, 0.29) is 17.2 Å². The Kier molecular flexibility index (Phi) is 4.69. The molecule has 2 atom stereocenters. The molecule has 22 heavy (non-hydrogen) atoms. The van der Waals surface area contributed by atoms with Crippen LogP contribution < -0.4 is 0 Å². The van der Waals surface area contributed by atoms with Crippen LogP contribution in [-0.2, 0) is 11.8 Å². The van der Waals surface area contributed by atoms with Crippen LogP contribution in [0, 0.1) is 19.3 Å². The minimum absolute atomic E-state index is 0.103. The fourth-order valence-electron chi connectivity index (χ4n) is 3.83. The normalized spacial score (nSPS) is 20.5. The number of rotatable bonds is 3. The molecule has 0 aromatic carbocycles. The maximum absolute atomic E-state index is 13.0. The van der Waals surface area contributed by atoms with E-state index in [1.165, 1.54) is 0 Å². The molecule has 2 rings (SSSR count). The van der Waals surface area contributed by atoms with E-state index in [1.807, 2.05) is 25.6 Å². The van der Waals surface area contributed by atoms with Crippen LogP contribution in [0.2, 0.25) is 0 Å². The standard InChI is InChI=1S/C18H31N3O/c1-12(16-13(2)19-20(7)14(16)3)17(22)21-10-8-9-15(21)11-18(4,5)6/h12,15H,8-11H2,1-7H3/t12-,15+/m0/s1. The van der Waals surface area contributed by atoms with Crippen LogP contribution >= 0.6 is 0 Å². The second-order valence-electron chi connectivity index (χ2n) is 8.02. The van der Waals surface area contributed by atoms with E-state index < -0.39 is 0 Å². The van der Waals surface area contributed by atoms with Gasteiger partial charge in [0, 0.05) is 30.9 Å². The molecule has 0 bridgehead atoms. The van der Waals surface area contributed by atoms with Crippen LogP contribution in [0.3, 0.4) is 0 Å². The first-order valence-electron chi connectivity index (χ1n) is 8.42. The van der Waals surface area contributed by atoms with Gasteiger partial charge >= 0.3 is 0 Å². The minimum atomic E-state index is -0.103. The van der Waals surface area contributed by atoms with E-state index in [9.17, 15) is 4.79 Å². The lowest BCUT2D eigenvalue weighted by atomic mass is 9.87. The molecule has 1 fully saturated rings. The molecule has 1 aromatic heterocycles. The highest BCUT2D eigenvalue weighted by molar-refractivity contribution is 5.84. The van der Waals surface area contributed by atoms with E-state index in [0.29, 0.717) is 6.04 Å². The number of hydrogen-bond donors (Lipinski definition) is 0. The van der Waals surface area contributed by atoms with E-state index in [4.69, 9.17) is 0 Å². The van der Waals surface area contributed by atoms with Crippen LogP contribution in [0.5, 0.6) is 0 Å². The van der Waals surface area contributed by atoms with E-state index in [0.717, 1.165) is 42.8 Å². The summed E-state index contributed by atoms with van der Waals surface area (Å²) >= 11 is 0. The van der Waals surface area contributed by atoms with Crippen LogP contribution in [0.4, 0.5) is 0 Å². The van der Waals surface area contributed by atoms with Gasteiger partial charge in [-0.1, -0.05) is 20.8 Å². The first-order chi connectivity index (χ1) is 10.1. The molecule has 1 saturated heterocycles. The number of hydrogen-bond acceptors (Lipinski definition) is 2. The van der Waals surface area contributed by atoms with Crippen LogP contribution in [-0.4, -0.2) is 33.2 Å². The molecule has 0 saturated carbocycles. The predicted octanol–water partition coefficient (Wildman–Crippen LogP) is 3.57. The summed E-state index contributed by atoms with van der Waals surface area (Å²) in [6.07, 6.45) is 3.35. The van der Waals surface area contributed by atoms with Gasteiger partial charge < -0.3 is 4.90 Å². The van der Waals surface area contributed by atoms with E-state index >= 15 is 0 Å². The fraction of sp³-hybridized carbons (Fsp3) is 0.778. The monoisotopic (exact) mass is 305 g/mol. The van der Waals surface area contributed by atoms with Gasteiger partial charge in [-0.05, 0) is 45.4 Å². The SMILES string of the molecule is Cc1nn(C)c(C)c1[C@H](C)C(=O)N1CCC[C@@H]1CC(C)(C)C. The minimum Gasteiger partial charge on any atom is -0.339 e. The zero-order valence-electron chi connectivity index (χ0n) is 15.2. The number of amides is 1. The third-order valence-electron chi connectivity index (χ3n) is 4.88. The van der Waals surface area contributed by atoms with Crippen molar-refractivity contribution in [3.05, 3.63) is 17.0 Å². The average molecular weight is 305 g/mol. The number of aromatic nitrogens is 2. The smallest absolute Gasteiger partial charge is 0.230 e. The van der Waals surface area contributed by atoms with Crippen molar-refractivity contribution in [1.82, 2.24) is 14.7 Å².